The maximum Gasteiger partial charge on any atom is 0.326 e. The van der Waals surface area contributed by atoms with Gasteiger partial charge in [0, 0.05) is 6.42 Å². The van der Waals surface area contributed by atoms with Crippen molar-refractivity contribution in [3.63, 3.8) is 0 Å². The van der Waals surface area contributed by atoms with Crippen LogP contribution < -0.4 is 32.3 Å². The van der Waals surface area contributed by atoms with E-state index in [1.54, 1.807) is 41.5 Å². The van der Waals surface area contributed by atoms with Crippen molar-refractivity contribution in [2.75, 3.05) is 0 Å². The van der Waals surface area contributed by atoms with Crippen LogP contribution in [0.2, 0.25) is 0 Å². The van der Waals surface area contributed by atoms with E-state index in [9.17, 15) is 48.6 Å². The molecule has 0 rings (SSSR count). The maximum atomic E-state index is 13.6. The third kappa shape index (κ3) is 19.0. The first kappa shape index (κ1) is 45.7. The highest BCUT2D eigenvalue weighted by molar-refractivity contribution is 5.97. The first-order valence-electron chi connectivity index (χ1n) is 17.0. The second kappa shape index (κ2) is 22.4. The van der Waals surface area contributed by atoms with Gasteiger partial charge in [-0.2, -0.15) is 0 Å². The molecule has 0 aromatic carbocycles. The van der Waals surface area contributed by atoms with Crippen molar-refractivity contribution in [2.45, 2.75) is 137 Å². The van der Waals surface area contributed by atoms with Crippen LogP contribution in [-0.4, -0.2) is 99.0 Å². The average molecular weight is 715 g/mol. The second-order valence-electron chi connectivity index (χ2n) is 14.3. The van der Waals surface area contributed by atoms with Gasteiger partial charge in [0.1, 0.15) is 30.2 Å². The fourth-order valence-corrected chi connectivity index (χ4v) is 4.96. The minimum absolute atomic E-state index is 0.0586. The molecule has 286 valence electrons. The van der Waals surface area contributed by atoms with Crippen LogP contribution in [0.4, 0.5) is 0 Å². The normalized spacial score (nSPS) is 15.0. The highest BCUT2D eigenvalue weighted by Crippen LogP contribution is 2.12. The number of carbonyl (C=O) groups is 8. The largest absolute Gasteiger partial charge is 0.481 e. The van der Waals surface area contributed by atoms with Gasteiger partial charge in [-0.3, -0.25) is 33.6 Å². The summed E-state index contributed by atoms with van der Waals surface area (Å²) in [6, 6.07) is -7.74. The Morgan fingerprint density at radius 3 is 1.08 bits per heavy atom. The van der Waals surface area contributed by atoms with E-state index in [-0.39, 0.29) is 62.2 Å². The number of nitrogens with one attached hydrogen (secondary N) is 5. The fraction of sp³-hybridized carbons (Fsp3) is 0.758. The summed E-state index contributed by atoms with van der Waals surface area (Å²) in [6.45, 7) is 14.3. The van der Waals surface area contributed by atoms with E-state index in [0.717, 1.165) is 0 Å². The van der Waals surface area contributed by atoms with Gasteiger partial charge in [0.25, 0.3) is 0 Å². The Morgan fingerprint density at radius 2 is 0.760 bits per heavy atom. The predicted molar refractivity (Wildman–Crippen MR) is 182 cm³/mol. The molecule has 0 aliphatic heterocycles. The summed E-state index contributed by atoms with van der Waals surface area (Å²) < 4.78 is 0. The van der Waals surface area contributed by atoms with Crippen molar-refractivity contribution in [3.05, 3.63) is 0 Å². The van der Waals surface area contributed by atoms with E-state index in [0.29, 0.717) is 0 Å². The van der Waals surface area contributed by atoms with Crippen LogP contribution in [0, 0.1) is 23.7 Å². The van der Waals surface area contributed by atoms with Crippen molar-refractivity contribution in [2.24, 2.45) is 29.4 Å². The Balaban J connectivity index is 6.14. The molecule has 10 N–H and O–H groups in total. The molecule has 0 aromatic rings. The average Bonchev–Trinajstić information content (AvgIpc) is 2.96. The molecule has 50 heavy (non-hydrogen) atoms. The molecule has 0 heterocycles. The van der Waals surface area contributed by atoms with E-state index < -0.39 is 90.1 Å². The van der Waals surface area contributed by atoms with Gasteiger partial charge in [0.2, 0.25) is 29.5 Å². The van der Waals surface area contributed by atoms with E-state index in [4.69, 9.17) is 10.8 Å². The highest BCUT2D eigenvalue weighted by Gasteiger charge is 2.34. The molecule has 5 amide bonds. The van der Waals surface area contributed by atoms with Crippen molar-refractivity contribution >= 4 is 47.4 Å². The van der Waals surface area contributed by atoms with E-state index >= 15 is 0 Å². The van der Waals surface area contributed by atoms with Crippen molar-refractivity contribution in [3.8, 4) is 0 Å². The van der Waals surface area contributed by atoms with Gasteiger partial charge in [0.05, 0.1) is 12.5 Å². The smallest absolute Gasteiger partial charge is 0.326 e. The minimum Gasteiger partial charge on any atom is -0.481 e. The third-order valence-corrected chi connectivity index (χ3v) is 7.36. The molecule has 0 aromatic heterocycles. The zero-order valence-electron chi connectivity index (χ0n) is 30.4. The van der Waals surface area contributed by atoms with E-state index in [2.05, 4.69) is 26.6 Å². The summed E-state index contributed by atoms with van der Waals surface area (Å²) in [7, 11) is 0. The zero-order valence-corrected chi connectivity index (χ0v) is 30.4. The Kier molecular flexibility index (Phi) is 20.5. The molecular formula is C33H58N6O11. The molecule has 17 nitrogen and oxygen atoms in total. The van der Waals surface area contributed by atoms with Crippen LogP contribution >= 0.6 is 0 Å². The van der Waals surface area contributed by atoms with Gasteiger partial charge in [-0.15, -0.1) is 0 Å². The Morgan fingerprint density at radius 1 is 0.460 bits per heavy atom. The first-order valence-corrected chi connectivity index (χ1v) is 17.0. The standard InChI is InChI=1S/C33H58N6O11/c1-16(2)11-21(35-28(44)20(34)9-10-26(40)41)29(45)36-22(12-17(3)4)30(46)37-23(13-18(5)6)31(47)38-24(15-27(42)43)32(48)39-25(33(49)50)14-19(7)8/h16-25H,9-15,34H2,1-8H3,(H,35,44)(H,36,45)(H,37,46)(H,38,47)(H,39,48)(H,40,41)(H,42,43)(H,49,50)/t20-,21-,22+,23-,24-,25+/m0/s1. The molecule has 0 bridgehead atoms. The SMILES string of the molecule is CC(C)C[C@H](NC(=O)[C@@H](N)CCC(=O)O)C(=O)N[C@H](CC(C)C)C(=O)N[C@@H](CC(C)C)C(=O)N[C@@H](CC(=O)O)C(=O)N[C@H](CC(C)C)C(=O)O. The van der Waals surface area contributed by atoms with Gasteiger partial charge in [0.15, 0.2) is 0 Å². The van der Waals surface area contributed by atoms with Gasteiger partial charge in [-0.25, -0.2) is 4.79 Å². The molecular weight excluding hydrogens is 656 g/mol. The molecule has 6 atom stereocenters. The number of hydrogen-bond donors (Lipinski definition) is 9. The van der Waals surface area contributed by atoms with Crippen LogP contribution in [0.25, 0.3) is 0 Å². The number of hydrogen-bond acceptors (Lipinski definition) is 9. The number of amides is 5. The molecule has 0 spiro atoms. The summed E-state index contributed by atoms with van der Waals surface area (Å²) in [5.74, 6) is -8.47. The van der Waals surface area contributed by atoms with Gasteiger partial charge in [-0.1, -0.05) is 55.4 Å². The van der Waals surface area contributed by atoms with Gasteiger partial charge >= 0.3 is 17.9 Å². The zero-order chi connectivity index (χ0) is 38.9. The third-order valence-electron chi connectivity index (χ3n) is 7.36. The predicted octanol–water partition coefficient (Wildman–Crippen LogP) is 0.346. The summed E-state index contributed by atoms with van der Waals surface area (Å²) in [5.41, 5.74) is 5.83. The molecule has 17 heteroatoms. The maximum absolute atomic E-state index is 13.6. The molecule has 0 saturated heterocycles. The molecule has 0 fully saturated rings. The van der Waals surface area contributed by atoms with Gasteiger partial charge in [-0.05, 0) is 55.8 Å². The molecule has 0 saturated carbocycles. The first-order chi connectivity index (χ1) is 23.0. The van der Waals surface area contributed by atoms with E-state index in [1.165, 1.54) is 0 Å². The lowest BCUT2D eigenvalue weighted by atomic mass is 9.98. The quantitative estimate of drug-likeness (QED) is 0.0655. The number of aliphatic carboxylic acids is 3. The number of carbonyl (C=O) groups excluding carboxylic acids is 5. The fourth-order valence-electron chi connectivity index (χ4n) is 4.96. The van der Waals surface area contributed by atoms with Crippen LogP contribution in [0.1, 0.15) is 100 Å². The lowest BCUT2D eigenvalue weighted by molar-refractivity contribution is -0.144. The van der Waals surface area contributed by atoms with Crippen molar-refractivity contribution < 1.29 is 53.7 Å². The number of carboxylic acids is 3. The molecule has 0 radical (unpaired) electrons. The topological polar surface area (TPSA) is 283 Å². The Labute approximate surface area is 293 Å². The minimum atomic E-state index is -1.66. The van der Waals surface area contributed by atoms with Crippen LogP contribution in [0.5, 0.6) is 0 Å². The summed E-state index contributed by atoms with van der Waals surface area (Å²) >= 11 is 0. The number of rotatable bonds is 24. The second-order valence-corrected chi connectivity index (χ2v) is 14.3. The lowest BCUT2D eigenvalue weighted by Crippen LogP contribution is -2.60. The Bertz CT molecular complexity index is 1190. The van der Waals surface area contributed by atoms with E-state index in [1.807, 2.05) is 13.8 Å². The van der Waals surface area contributed by atoms with Crippen LogP contribution in [-0.2, 0) is 38.4 Å². The van der Waals surface area contributed by atoms with Gasteiger partial charge < -0.3 is 47.6 Å². The molecule has 0 unspecified atom stereocenters. The lowest BCUT2D eigenvalue weighted by Gasteiger charge is -2.28. The Hall–Kier alpha value is -4.28. The summed E-state index contributed by atoms with van der Waals surface area (Å²) in [5, 5.41) is 40.3. The number of nitrogens with two attached hydrogens (primary N) is 1. The molecule has 0 aliphatic rings. The monoisotopic (exact) mass is 714 g/mol. The summed E-state index contributed by atoms with van der Waals surface area (Å²) in [4.78, 5) is 100. The van der Waals surface area contributed by atoms with Crippen molar-refractivity contribution in [1.82, 2.24) is 26.6 Å². The number of carboxylic acid groups (broad SMARTS) is 3. The summed E-state index contributed by atoms with van der Waals surface area (Å²) in [6.07, 6.45) is -0.935. The van der Waals surface area contributed by atoms with Crippen LogP contribution in [0.15, 0.2) is 0 Å². The highest BCUT2D eigenvalue weighted by atomic mass is 16.4. The van der Waals surface area contributed by atoms with Crippen molar-refractivity contribution in [1.29, 1.82) is 0 Å². The van der Waals surface area contributed by atoms with Crippen LogP contribution in [0.3, 0.4) is 0 Å². The molecule has 0 aliphatic carbocycles.